The van der Waals surface area contributed by atoms with Gasteiger partial charge in [-0.2, -0.15) is 0 Å². The van der Waals surface area contributed by atoms with Gasteiger partial charge >= 0.3 is 11.9 Å². The van der Waals surface area contributed by atoms with Gasteiger partial charge in [-0.05, 0) is 65.8 Å². The van der Waals surface area contributed by atoms with Gasteiger partial charge in [0.2, 0.25) is 5.91 Å². The van der Waals surface area contributed by atoms with E-state index in [0.717, 1.165) is 15.9 Å². The first-order chi connectivity index (χ1) is 23.8. The van der Waals surface area contributed by atoms with Crippen LogP contribution in [0.2, 0.25) is 18.1 Å². The fraction of sp³-hybridized carbons (Fsp3) is 0.439. The minimum absolute atomic E-state index is 0.104. The lowest BCUT2D eigenvalue weighted by atomic mass is 9.57. The lowest BCUT2D eigenvalue weighted by Crippen LogP contribution is -2.77. The molecule has 7 nitrogen and oxygen atoms in total. The third-order valence-corrected chi connectivity index (χ3v) is 22.6. The molecule has 1 radical (unpaired) electrons. The number of carbonyl (C=O) groups is 3. The number of methoxy groups -OCH3 is 1. The zero-order chi connectivity index (χ0) is 38.0. The molecule has 3 atom stereocenters. The van der Waals surface area contributed by atoms with Gasteiger partial charge in [0.1, 0.15) is 16.5 Å². The molecule has 0 aromatic heterocycles. The average Bonchev–Trinajstić information content (AvgIpc) is 3.07. The summed E-state index contributed by atoms with van der Waals surface area (Å²) in [7, 11) is -1.16. The van der Waals surface area contributed by atoms with Crippen LogP contribution in [-0.4, -0.2) is 56.3 Å². The van der Waals surface area contributed by atoms with Gasteiger partial charge in [-0.25, -0.2) is 9.59 Å². The van der Waals surface area contributed by atoms with Gasteiger partial charge in [0.25, 0.3) is 0 Å². The predicted octanol–water partition coefficient (Wildman–Crippen LogP) is 8.25. The summed E-state index contributed by atoms with van der Waals surface area (Å²) >= 11 is 1.76. The van der Waals surface area contributed by atoms with E-state index in [-0.39, 0.29) is 16.6 Å². The Kier molecular flexibility index (Phi) is 12.2. The van der Waals surface area contributed by atoms with E-state index in [1.165, 1.54) is 7.11 Å². The van der Waals surface area contributed by atoms with Crippen LogP contribution in [0.25, 0.3) is 0 Å². The fourth-order valence-electron chi connectivity index (χ4n) is 6.77. The number of ether oxygens (including phenoxy) is 2. The summed E-state index contributed by atoms with van der Waals surface area (Å²) in [6, 6.07) is 31.5. The van der Waals surface area contributed by atoms with E-state index in [1.54, 1.807) is 30.1 Å². The summed E-state index contributed by atoms with van der Waals surface area (Å²) in [5, 5.41) is 2.74. The van der Waals surface area contributed by atoms with Crippen LogP contribution in [0.1, 0.15) is 62.3 Å². The summed E-state index contributed by atoms with van der Waals surface area (Å²) < 4.78 is 17.5. The zero-order valence-corrected chi connectivity index (χ0v) is 35.0. The van der Waals surface area contributed by atoms with E-state index >= 15 is 4.79 Å². The minimum Gasteiger partial charge on any atom is -0.466 e. The number of benzene rings is 3. The lowest BCUT2D eigenvalue weighted by molar-refractivity contribution is -0.191. The van der Waals surface area contributed by atoms with Crippen molar-refractivity contribution in [1.82, 2.24) is 4.90 Å². The Hall–Kier alpha value is -3.23. The number of esters is 2. The Morgan fingerprint density at radius 2 is 1.27 bits per heavy atom. The van der Waals surface area contributed by atoms with E-state index in [2.05, 4.69) is 127 Å². The highest BCUT2D eigenvalue weighted by molar-refractivity contribution is 8.69. The van der Waals surface area contributed by atoms with E-state index in [4.69, 9.17) is 13.9 Å². The van der Waals surface area contributed by atoms with Gasteiger partial charge in [0.15, 0.2) is 14.9 Å². The van der Waals surface area contributed by atoms with Gasteiger partial charge in [0.05, 0.1) is 13.2 Å². The van der Waals surface area contributed by atoms with Crippen molar-refractivity contribution in [2.24, 2.45) is 10.8 Å². The normalized spacial score (nSPS) is 18.8. The molecule has 51 heavy (non-hydrogen) atoms. The molecule has 0 spiro atoms. The summed E-state index contributed by atoms with van der Waals surface area (Å²) in [4.78, 5) is 43.1. The number of nitrogens with zero attached hydrogens (tertiary/aromatic N) is 1. The molecule has 1 aliphatic rings. The first kappa shape index (κ1) is 40.5. The number of hydrogen-bond acceptors (Lipinski definition) is 7. The van der Waals surface area contributed by atoms with Crippen LogP contribution in [0, 0.1) is 10.8 Å². The molecule has 1 aliphatic heterocycles. The molecule has 0 saturated carbocycles. The van der Waals surface area contributed by atoms with Crippen LogP contribution < -0.4 is 15.9 Å². The van der Waals surface area contributed by atoms with Crippen LogP contribution in [0.3, 0.4) is 0 Å². The van der Waals surface area contributed by atoms with E-state index < -0.39 is 55.6 Å². The number of amides is 1. The lowest BCUT2D eigenvalue weighted by Gasteiger charge is -2.65. The Morgan fingerprint density at radius 1 is 0.843 bits per heavy atom. The van der Waals surface area contributed by atoms with Crippen molar-refractivity contribution in [3.63, 3.8) is 0 Å². The number of carbonyl (C=O) groups excluding carboxylic acids is 3. The second-order valence-corrected chi connectivity index (χ2v) is 26.3. The number of likely N-dealkylation sites (tertiary alicyclic amines) is 1. The molecule has 10 heteroatoms. The summed E-state index contributed by atoms with van der Waals surface area (Å²) in [6.07, 6.45) is -0.506. The molecule has 0 N–H and O–H groups in total. The number of hydrogen-bond donors (Lipinski definition) is 0. The van der Waals surface area contributed by atoms with Crippen LogP contribution in [0.15, 0.2) is 102 Å². The second-order valence-electron chi connectivity index (χ2n) is 15.9. The molecule has 1 amide bonds. The monoisotopic (exact) mass is 748 g/mol. The molecule has 0 unspecified atom stereocenters. The van der Waals surface area contributed by atoms with Crippen molar-refractivity contribution in [1.29, 1.82) is 0 Å². The zero-order valence-electron chi connectivity index (χ0n) is 32.3. The molecule has 3 aromatic carbocycles. The number of allylic oxidation sites excluding steroid dienone is 1. The van der Waals surface area contributed by atoms with E-state index in [9.17, 15) is 9.59 Å². The van der Waals surface area contributed by atoms with Crippen molar-refractivity contribution in [2.75, 3.05) is 13.7 Å². The van der Waals surface area contributed by atoms with Crippen molar-refractivity contribution in [2.45, 2.75) is 91.9 Å². The highest BCUT2D eigenvalue weighted by atomic mass is 32.7. The SMILES string of the molecule is COC(=O)COC(=O)C(=C(C)C)N1C(=O)[C@@]([C@@H](C)O[Si](C)(C)C(C)(C)C)(C(C)(C)C)[C@H]1S[P](c1ccccc1)(c1ccccc1)c1ccccc1. The van der Waals surface area contributed by atoms with Gasteiger partial charge in [-0.3, -0.25) is 9.69 Å². The Balaban J connectivity index is 2.08. The molecule has 3 aromatic rings. The minimum atomic E-state index is -2.62. The third-order valence-electron chi connectivity index (χ3n) is 10.4. The van der Waals surface area contributed by atoms with Crippen molar-refractivity contribution >= 4 is 59.9 Å². The smallest absolute Gasteiger partial charge is 0.355 e. The van der Waals surface area contributed by atoms with Crippen molar-refractivity contribution in [3.05, 3.63) is 102 Å². The summed E-state index contributed by atoms with van der Waals surface area (Å²) in [6.45, 7) is 19.8. The van der Waals surface area contributed by atoms with Crippen LogP contribution in [0.5, 0.6) is 0 Å². The van der Waals surface area contributed by atoms with Gasteiger partial charge in [0, 0.05) is 6.46 Å². The number of rotatable bonds is 12. The van der Waals surface area contributed by atoms with E-state index in [0.29, 0.717) is 5.57 Å². The molecule has 275 valence electrons. The molecule has 4 rings (SSSR count). The van der Waals surface area contributed by atoms with Crippen LogP contribution in [-0.2, 0) is 28.3 Å². The van der Waals surface area contributed by atoms with Crippen molar-refractivity contribution < 1.29 is 28.3 Å². The first-order valence-corrected chi connectivity index (χ1v) is 23.6. The summed E-state index contributed by atoms with van der Waals surface area (Å²) in [5.74, 6) is -1.62. The van der Waals surface area contributed by atoms with Gasteiger partial charge in [-0.15, -0.1) is 0 Å². The van der Waals surface area contributed by atoms with Gasteiger partial charge in [-0.1, -0.05) is 144 Å². The van der Waals surface area contributed by atoms with Gasteiger partial charge < -0.3 is 13.9 Å². The number of β-lactam (4-membered cyclic amide) rings is 1. The Labute approximate surface area is 310 Å². The molecular formula is C41H55NO6PSSi. The topological polar surface area (TPSA) is 82.1 Å². The first-order valence-electron chi connectivity index (χ1n) is 17.4. The molecular weight excluding hydrogens is 694 g/mol. The maximum atomic E-state index is 15.4. The maximum absolute atomic E-state index is 15.4. The highest BCUT2D eigenvalue weighted by Gasteiger charge is 2.72. The largest absolute Gasteiger partial charge is 0.466 e. The average molecular weight is 749 g/mol. The molecule has 1 fully saturated rings. The molecule has 0 aliphatic carbocycles. The molecule has 1 heterocycles. The quantitative estimate of drug-likeness (QED) is 0.0607. The van der Waals surface area contributed by atoms with Crippen molar-refractivity contribution in [3.8, 4) is 0 Å². The standard InChI is InChI=1S/C41H55NO6PSSi/c1-29(2)35(36(44)47-28-34(43)46-10)42-37(45)41(39(4,5)6,30(3)48-51(11,12)40(7,8)9)38(42)50-49(31-22-16-13-17-23-31,32-24-18-14-19-25-32)33-26-20-15-21-27-33/h13-27,30,38H,28H2,1-12H3/t30-,38-,41-/m1/s1. The molecule has 0 bridgehead atoms. The van der Waals surface area contributed by atoms with Crippen LogP contribution in [0.4, 0.5) is 0 Å². The predicted molar refractivity (Wildman–Crippen MR) is 214 cm³/mol. The third kappa shape index (κ3) is 7.50. The summed E-state index contributed by atoms with van der Waals surface area (Å²) in [5.41, 5.74) is -0.942. The maximum Gasteiger partial charge on any atom is 0.355 e. The fourth-order valence-corrected chi connectivity index (χ4v) is 16.5. The second kappa shape index (κ2) is 15.4. The molecule has 1 saturated heterocycles. The Bertz CT molecular complexity index is 1640. The Morgan fingerprint density at radius 3 is 1.63 bits per heavy atom. The highest BCUT2D eigenvalue weighted by Crippen LogP contribution is 2.75. The van der Waals surface area contributed by atoms with Crippen LogP contribution >= 0.6 is 17.8 Å². The van der Waals surface area contributed by atoms with E-state index in [1.807, 2.05) is 25.1 Å².